The summed E-state index contributed by atoms with van der Waals surface area (Å²) in [6, 6.07) is 2.01. The normalized spacial score (nSPS) is 12.7. The SMILES string of the molecule is CCc1cc2c(=O)n(CC(=O)NC(C)CCCC(C)C)cnc2s1. The number of aromatic nitrogens is 2. The van der Waals surface area contributed by atoms with Crippen LogP contribution in [-0.2, 0) is 17.8 Å². The maximum Gasteiger partial charge on any atom is 0.262 e. The van der Waals surface area contributed by atoms with Crippen LogP contribution in [0.15, 0.2) is 17.2 Å². The molecule has 0 aliphatic rings. The Hall–Kier alpha value is -1.69. The van der Waals surface area contributed by atoms with Gasteiger partial charge in [0.1, 0.15) is 11.4 Å². The lowest BCUT2D eigenvalue weighted by Gasteiger charge is -2.15. The van der Waals surface area contributed by atoms with Crippen molar-refractivity contribution < 1.29 is 4.79 Å². The summed E-state index contributed by atoms with van der Waals surface area (Å²) in [5.41, 5.74) is -0.140. The molecule has 1 N–H and O–H groups in total. The van der Waals surface area contributed by atoms with Crippen LogP contribution in [0.2, 0.25) is 0 Å². The number of nitrogens with zero attached hydrogens (tertiary/aromatic N) is 2. The Balaban J connectivity index is 1.97. The predicted molar refractivity (Wildman–Crippen MR) is 99.6 cm³/mol. The molecule has 0 aliphatic carbocycles. The number of carbonyl (C=O) groups is 1. The number of thiophene rings is 1. The highest BCUT2D eigenvalue weighted by Gasteiger charge is 2.12. The second kappa shape index (κ2) is 8.42. The molecule has 1 atom stereocenters. The summed E-state index contributed by atoms with van der Waals surface area (Å²) < 4.78 is 1.39. The van der Waals surface area contributed by atoms with Gasteiger partial charge in [0.05, 0.1) is 11.7 Å². The number of hydrogen-bond acceptors (Lipinski definition) is 4. The Bertz CT molecular complexity index is 748. The van der Waals surface area contributed by atoms with E-state index in [4.69, 9.17) is 0 Å². The predicted octanol–water partition coefficient (Wildman–Crippen LogP) is 3.35. The molecule has 0 fully saturated rings. The minimum atomic E-state index is -0.140. The third kappa shape index (κ3) is 4.90. The lowest BCUT2D eigenvalue weighted by atomic mass is 10.0. The highest BCUT2D eigenvalue weighted by molar-refractivity contribution is 7.18. The van der Waals surface area contributed by atoms with E-state index in [1.54, 1.807) is 0 Å². The van der Waals surface area contributed by atoms with Crippen molar-refractivity contribution >= 4 is 27.5 Å². The number of fused-ring (bicyclic) bond motifs is 1. The fraction of sp³-hybridized carbons (Fsp3) is 0.611. The first-order valence-corrected chi connectivity index (χ1v) is 9.49. The van der Waals surface area contributed by atoms with Crippen molar-refractivity contribution in [3.63, 3.8) is 0 Å². The quantitative estimate of drug-likeness (QED) is 0.795. The molecule has 0 aliphatic heterocycles. The summed E-state index contributed by atoms with van der Waals surface area (Å²) in [7, 11) is 0. The highest BCUT2D eigenvalue weighted by Crippen LogP contribution is 2.20. The van der Waals surface area contributed by atoms with Crippen LogP contribution in [0.5, 0.6) is 0 Å². The first kappa shape index (κ1) is 18.6. The van der Waals surface area contributed by atoms with E-state index in [9.17, 15) is 9.59 Å². The molecule has 0 saturated carbocycles. The number of nitrogens with one attached hydrogen (secondary N) is 1. The zero-order chi connectivity index (χ0) is 17.7. The van der Waals surface area contributed by atoms with Crippen LogP contribution in [-0.4, -0.2) is 21.5 Å². The van der Waals surface area contributed by atoms with E-state index in [1.807, 2.05) is 13.0 Å². The zero-order valence-corrected chi connectivity index (χ0v) is 15.8. The van der Waals surface area contributed by atoms with E-state index in [0.29, 0.717) is 11.3 Å². The second-order valence-corrected chi connectivity index (χ2v) is 7.87. The van der Waals surface area contributed by atoms with Gasteiger partial charge in [-0.2, -0.15) is 0 Å². The lowest BCUT2D eigenvalue weighted by Crippen LogP contribution is -2.37. The smallest absolute Gasteiger partial charge is 0.262 e. The van der Waals surface area contributed by atoms with E-state index in [-0.39, 0.29) is 24.1 Å². The van der Waals surface area contributed by atoms with Crippen LogP contribution < -0.4 is 10.9 Å². The second-order valence-electron chi connectivity index (χ2n) is 6.76. The standard InChI is InChI=1S/C18H27N3O2S/c1-5-14-9-15-17(24-14)19-11-21(18(15)23)10-16(22)20-13(4)8-6-7-12(2)3/h9,11-13H,5-8,10H2,1-4H3,(H,20,22). The number of carbonyl (C=O) groups excluding carboxylic acids is 1. The van der Waals surface area contributed by atoms with Crippen LogP contribution in [0.3, 0.4) is 0 Å². The molecule has 132 valence electrons. The van der Waals surface area contributed by atoms with E-state index < -0.39 is 0 Å². The number of amides is 1. The Labute approximate surface area is 147 Å². The Morgan fingerprint density at radius 2 is 2.08 bits per heavy atom. The third-order valence-electron chi connectivity index (χ3n) is 4.06. The van der Waals surface area contributed by atoms with Gasteiger partial charge in [-0.05, 0) is 31.7 Å². The van der Waals surface area contributed by atoms with E-state index in [0.717, 1.165) is 35.4 Å². The topological polar surface area (TPSA) is 64.0 Å². The van der Waals surface area contributed by atoms with Crippen LogP contribution in [0.1, 0.15) is 51.8 Å². The molecule has 0 bridgehead atoms. The van der Waals surface area contributed by atoms with Gasteiger partial charge >= 0.3 is 0 Å². The van der Waals surface area contributed by atoms with Crippen molar-refractivity contribution in [2.24, 2.45) is 5.92 Å². The van der Waals surface area contributed by atoms with Gasteiger partial charge in [-0.1, -0.05) is 33.6 Å². The van der Waals surface area contributed by atoms with Gasteiger partial charge in [-0.25, -0.2) is 4.98 Å². The molecular weight excluding hydrogens is 322 g/mol. The summed E-state index contributed by atoms with van der Waals surface area (Å²) in [5.74, 6) is 0.546. The number of aryl methyl sites for hydroxylation is 1. The molecule has 0 spiro atoms. The molecule has 0 aromatic carbocycles. The van der Waals surface area contributed by atoms with Crippen molar-refractivity contribution in [3.8, 4) is 0 Å². The fourth-order valence-electron chi connectivity index (χ4n) is 2.68. The average molecular weight is 350 g/mol. The van der Waals surface area contributed by atoms with E-state index in [2.05, 4.69) is 31.1 Å². The minimum Gasteiger partial charge on any atom is -0.352 e. The van der Waals surface area contributed by atoms with Gasteiger partial charge in [-0.3, -0.25) is 14.2 Å². The summed E-state index contributed by atoms with van der Waals surface area (Å²) in [6.07, 6.45) is 5.58. The molecule has 1 amide bonds. The van der Waals surface area contributed by atoms with E-state index in [1.165, 1.54) is 22.2 Å². The molecular formula is C18H27N3O2S. The molecule has 2 rings (SSSR count). The van der Waals surface area contributed by atoms with Crippen molar-refractivity contribution in [3.05, 3.63) is 27.6 Å². The highest BCUT2D eigenvalue weighted by atomic mass is 32.1. The van der Waals surface area contributed by atoms with Crippen LogP contribution in [0, 0.1) is 5.92 Å². The summed E-state index contributed by atoms with van der Waals surface area (Å²) in [6.45, 7) is 8.49. The molecule has 1 unspecified atom stereocenters. The molecule has 2 aromatic rings. The fourth-order valence-corrected chi connectivity index (χ4v) is 3.60. The van der Waals surface area contributed by atoms with Gasteiger partial charge in [0, 0.05) is 10.9 Å². The number of rotatable bonds is 8. The molecule has 2 heterocycles. The van der Waals surface area contributed by atoms with Crippen LogP contribution >= 0.6 is 11.3 Å². The largest absolute Gasteiger partial charge is 0.352 e. The van der Waals surface area contributed by atoms with Gasteiger partial charge in [0.2, 0.25) is 5.91 Å². The summed E-state index contributed by atoms with van der Waals surface area (Å²) >= 11 is 1.54. The zero-order valence-electron chi connectivity index (χ0n) is 15.0. The average Bonchev–Trinajstić information content (AvgIpc) is 2.94. The molecule has 2 aromatic heterocycles. The molecule has 24 heavy (non-hydrogen) atoms. The molecule has 5 nitrogen and oxygen atoms in total. The van der Waals surface area contributed by atoms with Crippen molar-refractivity contribution in [2.75, 3.05) is 0 Å². The van der Waals surface area contributed by atoms with Crippen molar-refractivity contribution in [1.29, 1.82) is 0 Å². The first-order valence-electron chi connectivity index (χ1n) is 8.68. The van der Waals surface area contributed by atoms with Crippen molar-refractivity contribution in [2.45, 2.75) is 66.0 Å². The first-order chi connectivity index (χ1) is 11.4. The van der Waals surface area contributed by atoms with Crippen LogP contribution in [0.4, 0.5) is 0 Å². The van der Waals surface area contributed by atoms with Gasteiger partial charge in [0.15, 0.2) is 0 Å². The van der Waals surface area contributed by atoms with E-state index >= 15 is 0 Å². The van der Waals surface area contributed by atoms with Gasteiger partial charge in [0.25, 0.3) is 5.56 Å². The molecule has 0 saturated heterocycles. The monoisotopic (exact) mass is 349 g/mol. The summed E-state index contributed by atoms with van der Waals surface area (Å²) in [5, 5.41) is 3.58. The maximum atomic E-state index is 12.5. The molecule has 0 radical (unpaired) electrons. The van der Waals surface area contributed by atoms with Crippen LogP contribution in [0.25, 0.3) is 10.2 Å². The lowest BCUT2D eigenvalue weighted by molar-refractivity contribution is -0.122. The minimum absolute atomic E-state index is 0.0214. The Kier molecular flexibility index (Phi) is 6.54. The Morgan fingerprint density at radius 3 is 2.75 bits per heavy atom. The van der Waals surface area contributed by atoms with Gasteiger partial charge in [-0.15, -0.1) is 11.3 Å². The van der Waals surface area contributed by atoms with Gasteiger partial charge < -0.3 is 5.32 Å². The van der Waals surface area contributed by atoms with Crippen molar-refractivity contribution in [1.82, 2.24) is 14.9 Å². The number of hydrogen-bond donors (Lipinski definition) is 1. The molecule has 6 heteroatoms. The Morgan fingerprint density at radius 1 is 1.33 bits per heavy atom. The third-order valence-corrected chi connectivity index (χ3v) is 5.24. The maximum absolute atomic E-state index is 12.5. The summed E-state index contributed by atoms with van der Waals surface area (Å²) in [4.78, 5) is 30.8.